The summed E-state index contributed by atoms with van der Waals surface area (Å²) in [6.45, 7) is 2.61. The molecule has 0 atom stereocenters. The van der Waals surface area contributed by atoms with Crippen LogP contribution in [0.25, 0.3) is 5.76 Å². The Bertz CT molecular complexity index is 1230. The Morgan fingerprint density at radius 3 is 2.55 bits per heavy atom. The zero-order chi connectivity index (χ0) is 21.8. The molecule has 3 aromatic rings. The van der Waals surface area contributed by atoms with E-state index in [4.69, 9.17) is 13.9 Å². The van der Waals surface area contributed by atoms with E-state index in [9.17, 15) is 13.2 Å². The van der Waals surface area contributed by atoms with Crippen molar-refractivity contribution in [3.05, 3.63) is 71.8 Å². The van der Waals surface area contributed by atoms with Crippen LogP contribution >= 0.6 is 0 Å². The molecule has 0 saturated carbocycles. The van der Waals surface area contributed by atoms with Crippen molar-refractivity contribution in [2.75, 3.05) is 23.3 Å². The Morgan fingerprint density at radius 1 is 1.03 bits per heavy atom. The quantitative estimate of drug-likeness (QED) is 0.595. The normalized spacial score (nSPS) is 13.5. The van der Waals surface area contributed by atoms with Gasteiger partial charge in [-0.2, -0.15) is 0 Å². The number of anilines is 2. The van der Waals surface area contributed by atoms with Gasteiger partial charge in [-0.05, 0) is 31.2 Å². The van der Waals surface area contributed by atoms with Crippen LogP contribution in [0.4, 0.5) is 11.7 Å². The largest absolute Gasteiger partial charge is 0.494 e. The molecule has 31 heavy (non-hydrogen) atoms. The van der Waals surface area contributed by atoms with Crippen molar-refractivity contribution in [3.63, 3.8) is 0 Å². The Labute approximate surface area is 177 Å². The molecule has 160 valence electrons. The highest BCUT2D eigenvalue weighted by Crippen LogP contribution is 2.23. The number of carbonyl (C=O) groups is 1. The fraction of sp³-hybridized carbons (Fsp3) is 0.150. The first-order valence-electron chi connectivity index (χ1n) is 9.21. The molecule has 1 amide bonds. The van der Waals surface area contributed by atoms with Gasteiger partial charge in [0.25, 0.3) is 21.8 Å². The van der Waals surface area contributed by atoms with Crippen molar-refractivity contribution in [1.82, 2.24) is 10.2 Å². The molecule has 0 fully saturated rings. The standard InChI is InChI=1S/C20H18N4O6S/c1-13-6-8-14(9-7-13)31(26,27)24-16-5-3-2-4-15(16)18(25)21-20-23-22-19(30-20)17-12-28-10-11-29-17/h2-9,12,24H,10-11H2,1H3,(H,21,23,25). The number of nitrogens with one attached hydrogen (secondary N) is 2. The van der Waals surface area contributed by atoms with E-state index in [2.05, 4.69) is 20.2 Å². The van der Waals surface area contributed by atoms with Gasteiger partial charge in [-0.15, -0.1) is 5.10 Å². The van der Waals surface area contributed by atoms with E-state index in [1.165, 1.54) is 30.5 Å². The summed E-state index contributed by atoms with van der Waals surface area (Å²) in [5, 5.41) is 10.0. The lowest BCUT2D eigenvalue weighted by Gasteiger charge is -2.12. The van der Waals surface area contributed by atoms with Gasteiger partial charge in [0, 0.05) is 0 Å². The fourth-order valence-corrected chi connectivity index (χ4v) is 3.79. The summed E-state index contributed by atoms with van der Waals surface area (Å²) in [5.74, 6) is -0.332. The summed E-state index contributed by atoms with van der Waals surface area (Å²) in [6, 6.07) is 12.4. The maximum absolute atomic E-state index is 12.7. The molecule has 2 heterocycles. The van der Waals surface area contributed by atoms with E-state index < -0.39 is 15.9 Å². The van der Waals surface area contributed by atoms with Gasteiger partial charge in [0.1, 0.15) is 19.5 Å². The molecule has 1 aliphatic heterocycles. The molecule has 4 rings (SSSR count). The smallest absolute Gasteiger partial charge is 0.322 e. The molecular formula is C20H18N4O6S. The van der Waals surface area contributed by atoms with Crippen molar-refractivity contribution in [2.45, 2.75) is 11.8 Å². The van der Waals surface area contributed by atoms with Crippen LogP contribution in [0.2, 0.25) is 0 Å². The van der Waals surface area contributed by atoms with Gasteiger partial charge < -0.3 is 13.9 Å². The van der Waals surface area contributed by atoms with Crippen LogP contribution in [0.3, 0.4) is 0 Å². The van der Waals surface area contributed by atoms with Crippen LogP contribution in [0.1, 0.15) is 21.8 Å². The SMILES string of the molecule is Cc1ccc(S(=O)(=O)Nc2ccccc2C(=O)Nc2nnc(C3=COCCO3)o2)cc1. The number of aromatic nitrogens is 2. The van der Waals surface area contributed by atoms with Crippen LogP contribution in [-0.2, 0) is 19.5 Å². The van der Waals surface area contributed by atoms with Crippen molar-refractivity contribution in [3.8, 4) is 0 Å². The summed E-state index contributed by atoms with van der Waals surface area (Å²) in [4.78, 5) is 12.8. The number of benzene rings is 2. The van der Waals surface area contributed by atoms with Crippen molar-refractivity contribution < 1.29 is 27.1 Å². The third kappa shape index (κ3) is 4.67. The predicted molar refractivity (Wildman–Crippen MR) is 111 cm³/mol. The van der Waals surface area contributed by atoms with E-state index in [1.807, 2.05) is 6.92 Å². The number of rotatable bonds is 6. The topological polar surface area (TPSA) is 133 Å². The molecular weight excluding hydrogens is 424 g/mol. The Balaban J connectivity index is 1.53. The fourth-order valence-electron chi connectivity index (χ4n) is 2.71. The maximum atomic E-state index is 12.7. The summed E-state index contributed by atoms with van der Waals surface area (Å²) in [5.41, 5.74) is 1.11. The van der Waals surface area contributed by atoms with E-state index >= 15 is 0 Å². The molecule has 0 unspecified atom stereocenters. The van der Waals surface area contributed by atoms with Gasteiger partial charge in [0.15, 0.2) is 0 Å². The number of ether oxygens (including phenoxy) is 2. The minimum absolute atomic E-state index is 0.0448. The van der Waals surface area contributed by atoms with Gasteiger partial charge >= 0.3 is 6.01 Å². The van der Waals surface area contributed by atoms with Crippen molar-refractivity contribution >= 4 is 33.4 Å². The highest BCUT2D eigenvalue weighted by atomic mass is 32.2. The predicted octanol–water partition coefficient (Wildman–Crippen LogP) is 2.78. The number of nitrogens with zero attached hydrogens (tertiary/aromatic N) is 2. The third-order valence-electron chi connectivity index (χ3n) is 4.25. The van der Waals surface area contributed by atoms with Crippen LogP contribution < -0.4 is 10.0 Å². The second kappa shape index (κ2) is 8.48. The second-order valence-electron chi connectivity index (χ2n) is 6.53. The van der Waals surface area contributed by atoms with Gasteiger partial charge in [-0.3, -0.25) is 14.8 Å². The lowest BCUT2D eigenvalue weighted by Crippen LogP contribution is -2.18. The molecule has 2 N–H and O–H groups in total. The minimum Gasteiger partial charge on any atom is -0.494 e. The Morgan fingerprint density at radius 2 is 1.81 bits per heavy atom. The summed E-state index contributed by atoms with van der Waals surface area (Å²) >= 11 is 0. The monoisotopic (exact) mass is 442 g/mol. The number of para-hydroxylation sites is 1. The first-order valence-corrected chi connectivity index (χ1v) is 10.7. The first-order chi connectivity index (χ1) is 14.9. The summed E-state index contributed by atoms with van der Waals surface area (Å²) in [6.07, 6.45) is 1.35. The average Bonchev–Trinajstić information content (AvgIpc) is 3.23. The van der Waals surface area contributed by atoms with E-state index in [-0.39, 0.29) is 33.8 Å². The number of aryl methyl sites for hydroxylation is 1. The summed E-state index contributed by atoms with van der Waals surface area (Å²) in [7, 11) is -3.89. The number of sulfonamides is 1. The van der Waals surface area contributed by atoms with Gasteiger partial charge in [0.2, 0.25) is 5.76 Å². The van der Waals surface area contributed by atoms with Gasteiger partial charge in [-0.1, -0.05) is 34.9 Å². The van der Waals surface area contributed by atoms with Crippen LogP contribution in [0.5, 0.6) is 0 Å². The molecule has 0 spiro atoms. The lowest BCUT2D eigenvalue weighted by molar-refractivity contribution is 0.102. The van der Waals surface area contributed by atoms with Gasteiger partial charge in [-0.25, -0.2) is 8.42 Å². The van der Waals surface area contributed by atoms with E-state index in [0.717, 1.165) is 5.56 Å². The molecule has 1 aliphatic rings. The average molecular weight is 442 g/mol. The second-order valence-corrected chi connectivity index (χ2v) is 8.21. The maximum Gasteiger partial charge on any atom is 0.322 e. The van der Waals surface area contributed by atoms with Crippen LogP contribution in [-0.4, -0.2) is 37.7 Å². The Hall–Kier alpha value is -3.86. The lowest BCUT2D eigenvalue weighted by atomic mass is 10.2. The van der Waals surface area contributed by atoms with Crippen molar-refractivity contribution in [2.24, 2.45) is 0 Å². The highest BCUT2D eigenvalue weighted by molar-refractivity contribution is 7.92. The van der Waals surface area contributed by atoms with E-state index in [1.54, 1.807) is 24.3 Å². The zero-order valence-electron chi connectivity index (χ0n) is 16.4. The number of hydrogen-bond donors (Lipinski definition) is 2. The molecule has 1 aromatic heterocycles. The molecule has 0 radical (unpaired) electrons. The number of amides is 1. The van der Waals surface area contributed by atoms with Crippen LogP contribution in [0.15, 0.2) is 64.1 Å². The summed E-state index contributed by atoms with van der Waals surface area (Å²) < 4.78 is 43.7. The molecule has 0 aliphatic carbocycles. The molecule has 0 bridgehead atoms. The molecule has 0 saturated heterocycles. The van der Waals surface area contributed by atoms with Crippen molar-refractivity contribution in [1.29, 1.82) is 0 Å². The van der Waals surface area contributed by atoms with E-state index in [0.29, 0.717) is 13.2 Å². The highest BCUT2D eigenvalue weighted by Gasteiger charge is 2.21. The third-order valence-corrected chi connectivity index (χ3v) is 5.63. The Kier molecular flexibility index (Phi) is 5.58. The minimum atomic E-state index is -3.89. The first kappa shape index (κ1) is 20.4. The number of hydrogen-bond acceptors (Lipinski definition) is 8. The molecule has 2 aromatic carbocycles. The van der Waals surface area contributed by atoms with Gasteiger partial charge in [0.05, 0.1) is 16.1 Å². The molecule has 11 heteroatoms. The zero-order valence-corrected chi connectivity index (χ0v) is 17.2. The van der Waals surface area contributed by atoms with Crippen LogP contribution in [0, 0.1) is 6.92 Å². The number of carbonyl (C=O) groups excluding carboxylic acids is 1. The molecule has 10 nitrogen and oxygen atoms in total.